The molecule has 110 valence electrons. The number of carbonyl (C=O) groups is 1. The number of aromatic hydroxyl groups is 1. The van der Waals surface area contributed by atoms with Crippen LogP contribution in [-0.4, -0.2) is 53.6 Å². The Kier molecular flexibility index (Phi) is 4.29. The van der Waals surface area contributed by atoms with E-state index in [1.165, 1.54) is 0 Å². The molecule has 0 spiro atoms. The van der Waals surface area contributed by atoms with E-state index >= 15 is 0 Å². The topological polar surface area (TPSA) is 94.9 Å². The van der Waals surface area contributed by atoms with Crippen molar-refractivity contribution in [3.05, 3.63) is 29.8 Å². The monoisotopic (exact) mass is 299 g/mol. The first kappa shape index (κ1) is 14.8. The van der Waals surface area contributed by atoms with E-state index < -0.39 is 21.8 Å². The Bertz CT molecular complexity index is 599. The molecule has 2 rings (SSSR count). The van der Waals surface area contributed by atoms with Gasteiger partial charge in [0.25, 0.3) is 0 Å². The summed E-state index contributed by atoms with van der Waals surface area (Å²) in [7, 11) is -3.17. The second kappa shape index (κ2) is 5.80. The summed E-state index contributed by atoms with van der Waals surface area (Å²) in [6, 6.07) is 6.16. The van der Waals surface area contributed by atoms with Gasteiger partial charge in [0.05, 0.1) is 17.9 Å². The van der Waals surface area contributed by atoms with Gasteiger partial charge in [-0.1, -0.05) is 12.1 Å². The number of carboxylic acids is 1. The summed E-state index contributed by atoms with van der Waals surface area (Å²) in [4.78, 5) is 12.7. The lowest BCUT2D eigenvalue weighted by molar-refractivity contribution is -0.138. The minimum Gasteiger partial charge on any atom is -0.508 e. The molecule has 0 amide bonds. The van der Waals surface area contributed by atoms with E-state index in [4.69, 9.17) is 5.11 Å². The van der Waals surface area contributed by atoms with E-state index in [9.17, 15) is 18.3 Å². The minimum atomic E-state index is -3.17. The normalized spacial score (nSPS) is 22.5. The van der Waals surface area contributed by atoms with Crippen LogP contribution in [0.25, 0.3) is 0 Å². The van der Waals surface area contributed by atoms with Gasteiger partial charge >= 0.3 is 5.97 Å². The molecule has 1 atom stereocenters. The van der Waals surface area contributed by atoms with Gasteiger partial charge in [0.1, 0.15) is 5.75 Å². The summed E-state index contributed by atoms with van der Waals surface area (Å²) in [5.41, 5.74) is 0.833. The van der Waals surface area contributed by atoms with Crippen LogP contribution in [-0.2, 0) is 21.2 Å². The van der Waals surface area contributed by atoms with Crippen molar-refractivity contribution in [1.82, 2.24) is 4.90 Å². The Morgan fingerprint density at radius 2 is 2.15 bits per heavy atom. The Morgan fingerprint density at radius 3 is 2.80 bits per heavy atom. The number of carboxylic acid groups (broad SMARTS) is 1. The molecular weight excluding hydrogens is 282 g/mol. The summed E-state index contributed by atoms with van der Waals surface area (Å²) in [6.45, 7) is 0.748. The molecule has 6 nitrogen and oxygen atoms in total. The van der Waals surface area contributed by atoms with E-state index in [0.29, 0.717) is 13.1 Å². The van der Waals surface area contributed by atoms with Crippen molar-refractivity contribution < 1.29 is 23.4 Å². The van der Waals surface area contributed by atoms with Crippen molar-refractivity contribution in [2.75, 3.05) is 18.1 Å². The van der Waals surface area contributed by atoms with Gasteiger partial charge in [-0.15, -0.1) is 0 Å². The third kappa shape index (κ3) is 3.94. The molecule has 1 aliphatic heterocycles. The molecule has 0 saturated carbocycles. The van der Waals surface area contributed by atoms with Crippen molar-refractivity contribution in [1.29, 1.82) is 0 Å². The van der Waals surface area contributed by atoms with E-state index in [-0.39, 0.29) is 23.7 Å². The van der Waals surface area contributed by atoms with Gasteiger partial charge in [0, 0.05) is 19.1 Å². The fourth-order valence-electron chi connectivity index (χ4n) is 2.41. The Hall–Kier alpha value is -1.60. The first-order valence-electron chi connectivity index (χ1n) is 6.30. The zero-order valence-corrected chi connectivity index (χ0v) is 11.7. The highest BCUT2D eigenvalue weighted by molar-refractivity contribution is 7.91. The maximum Gasteiger partial charge on any atom is 0.304 e. The number of phenols is 1. The van der Waals surface area contributed by atoms with Crippen LogP contribution in [0.4, 0.5) is 0 Å². The molecule has 20 heavy (non-hydrogen) atoms. The van der Waals surface area contributed by atoms with Crippen LogP contribution >= 0.6 is 0 Å². The zero-order valence-electron chi connectivity index (χ0n) is 10.9. The van der Waals surface area contributed by atoms with Crippen molar-refractivity contribution in [2.45, 2.75) is 19.0 Å². The molecule has 1 heterocycles. The molecule has 0 aromatic heterocycles. The van der Waals surface area contributed by atoms with Crippen molar-refractivity contribution in [3.8, 4) is 5.75 Å². The predicted octanol–water partition coefficient (Wildman–Crippen LogP) is 0.466. The molecule has 7 heteroatoms. The molecule has 1 fully saturated rings. The van der Waals surface area contributed by atoms with Crippen molar-refractivity contribution in [2.24, 2.45) is 0 Å². The number of sulfone groups is 1. The van der Waals surface area contributed by atoms with Crippen LogP contribution in [0.15, 0.2) is 24.3 Å². The van der Waals surface area contributed by atoms with E-state index in [0.717, 1.165) is 5.56 Å². The maximum atomic E-state index is 11.6. The smallest absolute Gasteiger partial charge is 0.304 e. The maximum absolute atomic E-state index is 11.6. The number of hydrogen-bond donors (Lipinski definition) is 2. The third-order valence-corrected chi connectivity index (χ3v) is 5.06. The molecule has 1 aliphatic rings. The van der Waals surface area contributed by atoms with Gasteiger partial charge in [0.15, 0.2) is 9.84 Å². The fourth-order valence-corrected chi connectivity index (χ4v) is 4.00. The summed E-state index contributed by atoms with van der Waals surface area (Å²) in [5.74, 6) is -0.949. The average Bonchev–Trinajstić information content (AvgIpc) is 2.31. The van der Waals surface area contributed by atoms with Crippen molar-refractivity contribution in [3.63, 3.8) is 0 Å². The Balaban J connectivity index is 2.13. The first-order valence-corrected chi connectivity index (χ1v) is 8.12. The standard InChI is InChI=1S/C13H17NO5S/c15-12-3-1-2-10(6-12)8-14-4-5-20(18,19)9-11(14)7-13(16)17/h1-3,6,11,15H,4-5,7-9H2,(H,16,17). The quantitative estimate of drug-likeness (QED) is 0.839. The van der Waals surface area contributed by atoms with Crippen molar-refractivity contribution >= 4 is 15.8 Å². The number of aliphatic carboxylic acids is 1. The number of hydrogen-bond acceptors (Lipinski definition) is 5. The second-order valence-corrected chi connectivity index (χ2v) is 7.24. The van der Waals surface area contributed by atoms with Crippen LogP contribution < -0.4 is 0 Å². The predicted molar refractivity (Wildman–Crippen MR) is 73.2 cm³/mol. The second-order valence-electron chi connectivity index (χ2n) is 5.01. The molecule has 1 aromatic carbocycles. The summed E-state index contributed by atoms with van der Waals surface area (Å²) < 4.78 is 23.3. The molecule has 0 aliphatic carbocycles. The van der Waals surface area contributed by atoms with E-state index in [2.05, 4.69) is 0 Å². The van der Waals surface area contributed by atoms with E-state index in [1.54, 1.807) is 18.2 Å². The number of benzene rings is 1. The lowest BCUT2D eigenvalue weighted by Crippen LogP contribution is -2.48. The largest absolute Gasteiger partial charge is 0.508 e. The van der Waals surface area contributed by atoms with Gasteiger partial charge in [-0.25, -0.2) is 8.42 Å². The Labute approximate surface area is 117 Å². The average molecular weight is 299 g/mol. The summed E-state index contributed by atoms with van der Waals surface area (Å²) in [5, 5.41) is 18.3. The van der Waals surface area contributed by atoms with Gasteiger partial charge in [-0.3, -0.25) is 9.69 Å². The van der Waals surface area contributed by atoms with Gasteiger partial charge in [-0.2, -0.15) is 0 Å². The highest BCUT2D eigenvalue weighted by Gasteiger charge is 2.32. The van der Waals surface area contributed by atoms with Crippen LogP contribution in [0, 0.1) is 0 Å². The minimum absolute atomic E-state index is 0.0436. The van der Waals surface area contributed by atoms with Crippen LogP contribution in [0.3, 0.4) is 0 Å². The van der Waals surface area contributed by atoms with Gasteiger partial charge < -0.3 is 10.2 Å². The Morgan fingerprint density at radius 1 is 1.40 bits per heavy atom. The van der Waals surface area contributed by atoms with Crippen LogP contribution in [0.1, 0.15) is 12.0 Å². The third-order valence-electron chi connectivity index (χ3n) is 3.36. The highest BCUT2D eigenvalue weighted by atomic mass is 32.2. The first-order chi connectivity index (χ1) is 9.35. The number of phenolic OH excluding ortho intramolecular Hbond substituents is 1. The molecule has 0 bridgehead atoms. The molecule has 2 N–H and O–H groups in total. The number of nitrogens with zero attached hydrogens (tertiary/aromatic N) is 1. The summed E-state index contributed by atoms with van der Waals surface area (Å²) in [6.07, 6.45) is -0.196. The molecule has 1 saturated heterocycles. The molecule has 1 aromatic rings. The van der Waals surface area contributed by atoms with Gasteiger partial charge in [-0.05, 0) is 17.7 Å². The van der Waals surface area contributed by atoms with Gasteiger partial charge in [0.2, 0.25) is 0 Å². The molecule has 1 unspecified atom stereocenters. The highest BCUT2D eigenvalue weighted by Crippen LogP contribution is 2.20. The SMILES string of the molecule is O=C(O)CC1CS(=O)(=O)CCN1Cc1cccc(O)c1. The van der Waals surface area contributed by atoms with E-state index in [1.807, 2.05) is 11.0 Å². The lowest BCUT2D eigenvalue weighted by Gasteiger charge is -2.34. The lowest BCUT2D eigenvalue weighted by atomic mass is 10.1. The number of rotatable bonds is 4. The zero-order chi connectivity index (χ0) is 14.8. The summed E-state index contributed by atoms with van der Waals surface area (Å²) >= 11 is 0. The molecular formula is C13H17NO5S. The fraction of sp³-hybridized carbons (Fsp3) is 0.462. The van der Waals surface area contributed by atoms with Crippen LogP contribution in [0.2, 0.25) is 0 Å². The van der Waals surface area contributed by atoms with Crippen LogP contribution in [0.5, 0.6) is 5.75 Å². The molecule has 0 radical (unpaired) electrons.